The molecule has 2 heterocycles. The summed E-state index contributed by atoms with van der Waals surface area (Å²) in [5.41, 5.74) is 2.31. The van der Waals surface area contributed by atoms with E-state index in [1.165, 1.54) is 8.61 Å². The van der Waals surface area contributed by atoms with E-state index < -0.39 is 20.0 Å². The standard InChI is InChI=1S/C21H26N2O4S2/c1-16-6-8-19(9-7-16)29(26,27)23-17(2)14-18-15-20(10-11-21(18)23)28(24,25)22-12-4-3-5-13-22/h6-11,15,17H,3-5,12-14H2,1-2H3/t17-/m0/s1. The maximum atomic E-state index is 13.2. The van der Waals surface area contributed by atoms with Gasteiger partial charge in [0.15, 0.2) is 0 Å². The highest BCUT2D eigenvalue weighted by Gasteiger charge is 2.37. The number of sulfonamides is 2. The smallest absolute Gasteiger partial charge is 0.263 e. The quantitative estimate of drug-likeness (QED) is 0.740. The highest BCUT2D eigenvalue weighted by molar-refractivity contribution is 7.93. The Balaban J connectivity index is 1.70. The third-order valence-corrected chi connectivity index (χ3v) is 9.57. The zero-order valence-electron chi connectivity index (χ0n) is 16.7. The summed E-state index contributed by atoms with van der Waals surface area (Å²) in [6.07, 6.45) is 3.30. The first-order chi connectivity index (χ1) is 13.7. The molecule has 156 valence electrons. The Morgan fingerprint density at radius 3 is 2.10 bits per heavy atom. The van der Waals surface area contributed by atoms with E-state index in [0.717, 1.165) is 30.4 Å². The molecule has 29 heavy (non-hydrogen) atoms. The van der Waals surface area contributed by atoms with E-state index in [1.54, 1.807) is 42.5 Å². The normalized spacial score (nSPS) is 20.6. The molecule has 4 rings (SSSR count). The molecule has 0 bridgehead atoms. The molecule has 0 unspecified atom stereocenters. The van der Waals surface area contributed by atoms with Crippen molar-refractivity contribution in [3.63, 3.8) is 0 Å². The second kappa shape index (κ2) is 7.41. The summed E-state index contributed by atoms with van der Waals surface area (Å²) in [4.78, 5) is 0.493. The summed E-state index contributed by atoms with van der Waals surface area (Å²) in [6, 6.07) is 11.4. The van der Waals surface area contributed by atoms with Crippen molar-refractivity contribution >= 4 is 25.7 Å². The second-order valence-electron chi connectivity index (χ2n) is 7.92. The van der Waals surface area contributed by atoms with E-state index in [4.69, 9.17) is 0 Å². The largest absolute Gasteiger partial charge is 0.264 e. The van der Waals surface area contributed by atoms with Gasteiger partial charge in [0, 0.05) is 19.1 Å². The molecule has 2 aromatic carbocycles. The summed E-state index contributed by atoms with van der Waals surface area (Å²) >= 11 is 0. The summed E-state index contributed by atoms with van der Waals surface area (Å²) in [7, 11) is -7.26. The summed E-state index contributed by atoms with van der Waals surface area (Å²) < 4.78 is 55.4. The molecule has 2 aliphatic rings. The zero-order valence-corrected chi connectivity index (χ0v) is 18.3. The predicted molar refractivity (Wildman–Crippen MR) is 113 cm³/mol. The van der Waals surface area contributed by atoms with Crippen LogP contribution in [0.3, 0.4) is 0 Å². The minimum Gasteiger partial charge on any atom is -0.263 e. The average Bonchev–Trinajstić information content (AvgIpc) is 3.04. The van der Waals surface area contributed by atoms with E-state index in [2.05, 4.69) is 0 Å². The van der Waals surface area contributed by atoms with Crippen LogP contribution in [-0.4, -0.2) is 40.3 Å². The minimum absolute atomic E-state index is 0.243. The number of nitrogens with zero attached hydrogens (tertiary/aromatic N) is 2. The molecule has 8 heteroatoms. The maximum absolute atomic E-state index is 13.2. The molecule has 6 nitrogen and oxygen atoms in total. The number of hydrogen-bond donors (Lipinski definition) is 0. The van der Waals surface area contributed by atoms with Crippen LogP contribution < -0.4 is 4.31 Å². The lowest BCUT2D eigenvalue weighted by molar-refractivity contribution is 0.346. The fourth-order valence-corrected chi connectivity index (χ4v) is 7.44. The molecule has 0 aromatic heterocycles. The number of piperidine rings is 1. The van der Waals surface area contributed by atoms with Gasteiger partial charge in [-0.1, -0.05) is 24.1 Å². The second-order valence-corrected chi connectivity index (χ2v) is 11.7. The van der Waals surface area contributed by atoms with Crippen molar-refractivity contribution in [3.05, 3.63) is 53.6 Å². The van der Waals surface area contributed by atoms with E-state index in [9.17, 15) is 16.8 Å². The monoisotopic (exact) mass is 434 g/mol. The molecular formula is C21H26N2O4S2. The Morgan fingerprint density at radius 1 is 0.828 bits per heavy atom. The SMILES string of the molecule is Cc1ccc(S(=O)(=O)N2c3ccc(S(=O)(=O)N4CCCCC4)cc3C[C@@H]2C)cc1. The lowest BCUT2D eigenvalue weighted by Gasteiger charge is -2.26. The summed E-state index contributed by atoms with van der Waals surface area (Å²) in [6.45, 7) is 4.85. The van der Waals surface area contributed by atoms with Crippen LogP contribution in [0.4, 0.5) is 5.69 Å². The van der Waals surface area contributed by atoms with Crippen molar-refractivity contribution in [3.8, 4) is 0 Å². The lowest BCUT2D eigenvalue weighted by Crippen LogP contribution is -2.36. The highest BCUT2D eigenvalue weighted by atomic mass is 32.2. The Morgan fingerprint density at radius 2 is 1.45 bits per heavy atom. The number of hydrogen-bond acceptors (Lipinski definition) is 4. The van der Waals surface area contributed by atoms with Crippen LogP contribution in [0.1, 0.15) is 37.3 Å². The van der Waals surface area contributed by atoms with Gasteiger partial charge in [0.05, 0.1) is 15.5 Å². The first-order valence-electron chi connectivity index (χ1n) is 9.95. The van der Waals surface area contributed by atoms with E-state index >= 15 is 0 Å². The van der Waals surface area contributed by atoms with Gasteiger partial charge in [-0.15, -0.1) is 0 Å². The van der Waals surface area contributed by atoms with Crippen molar-refractivity contribution in [2.45, 2.75) is 55.4 Å². The fraction of sp³-hybridized carbons (Fsp3) is 0.429. The van der Waals surface area contributed by atoms with Crippen molar-refractivity contribution in [1.82, 2.24) is 4.31 Å². The van der Waals surface area contributed by atoms with Crippen LogP contribution in [0, 0.1) is 6.92 Å². The van der Waals surface area contributed by atoms with Crippen molar-refractivity contribution < 1.29 is 16.8 Å². The number of anilines is 1. The average molecular weight is 435 g/mol. The van der Waals surface area contributed by atoms with Gasteiger partial charge >= 0.3 is 0 Å². The minimum atomic E-state index is -3.71. The third kappa shape index (κ3) is 3.58. The number of aryl methyl sites for hydroxylation is 1. The Kier molecular flexibility index (Phi) is 5.21. The maximum Gasteiger partial charge on any atom is 0.264 e. The summed E-state index contributed by atoms with van der Waals surface area (Å²) in [5, 5.41) is 0. The molecular weight excluding hydrogens is 408 g/mol. The van der Waals surface area contributed by atoms with Crippen LogP contribution in [0.15, 0.2) is 52.3 Å². The van der Waals surface area contributed by atoms with Crippen LogP contribution in [0.5, 0.6) is 0 Å². The third-order valence-electron chi connectivity index (χ3n) is 5.73. The zero-order chi connectivity index (χ0) is 20.8. The molecule has 0 radical (unpaired) electrons. The molecule has 0 saturated carbocycles. The van der Waals surface area contributed by atoms with Gasteiger partial charge in [-0.05, 0) is 69.0 Å². The molecule has 1 atom stereocenters. The van der Waals surface area contributed by atoms with E-state index in [1.807, 2.05) is 13.8 Å². The van der Waals surface area contributed by atoms with Gasteiger partial charge in [-0.2, -0.15) is 4.31 Å². The molecule has 2 aliphatic heterocycles. The Labute approximate surface area is 173 Å². The van der Waals surface area contributed by atoms with Gasteiger partial charge in [-0.25, -0.2) is 16.8 Å². The van der Waals surface area contributed by atoms with Crippen molar-refractivity contribution in [2.75, 3.05) is 17.4 Å². The van der Waals surface area contributed by atoms with Crippen LogP contribution >= 0.6 is 0 Å². The molecule has 0 amide bonds. The molecule has 0 spiro atoms. The van der Waals surface area contributed by atoms with Crippen molar-refractivity contribution in [1.29, 1.82) is 0 Å². The molecule has 2 aromatic rings. The van der Waals surface area contributed by atoms with Crippen molar-refractivity contribution in [2.24, 2.45) is 0 Å². The number of rotatable bonds is 4. The van der Waals surface area contributed by atoms with Crippen LogP contribution in [0.2, 0.25) is 0 Å². The van der Waals surface area contributed by atoms with Crippen LogP contribution in [-0.2, 0) is 26.5 Å². The first kappa shape index (κ1) is 20.4. The molecule has 1 fully saturated rings. The van der Waals surface area contributed by atoms with Gasteiger partial charge in [0.2, 0.25) is 10.0 Å². The van der Waals surface area contributed by atoms with E-state index in [-0.39, 0.29) is 15.8 Å². The Hall–Kier alpha value is -1.90. The highest BCUT2D eigenvalue weighted by Crippen LogP contribution is 2.38. The van der Waals surface area contributed by atoms with Gasteiger partial charge in [-0.3, -0.25) is 4.31 Å². The van der Waals surface area contributed by atoms with Gasteiger partial charge < -0.3 is 0 Å². The van der Waals surface area contributed by atoms with Gasteiger partial charge in [0.25, 0.3) is 10.0 Å². The predicted octanol–water partition coefficient (Wildman–Crippen LogP) is 3.31. The number of benzene rings is 2. The Bertz CT molecular complexity index is 1120. The van der Waals surface area contributed by atoms with Crippen LogP contribution in [0.25, 0.3) is 0 Å². The fourth-order valence-electron chi connectivity index (χ4n) is 4.18. The van der Waals surface area contributed by atoms with Gasteiger partial charge in [0.1, 0.15) is 0 Å². The summed E-state index contributed by atoms with van der Waals surface area (Å²) in [5.74, 6) is 0. The van der Waals surface area contributed by atoms with E-state index in [0.29, 0.717) is 25.2 Å². The molecule has 0 N–H and O–H groups in total. The number of fused-ring (bicyclic) bond motifs is 1. The molecule has 0 aliphatic carbocycles. The lowest BCUT2D eigenvalue weighted by atomic mass is 10.1. The first-order valence-corrected chi connectivity index (χ1v) is 12.8. The molecule has 1 saturated heterocycles. The topological polar surface area (TPSA) is 74.8 Å².